The summed E-state index contributed by atoms with van der Waals surface area (Å²) in [6.45, 7) is 0.619. The third kappa shape index (κ3) is 4.21. The topological polar surface area (TPSA) is 30.6 Å². The van der Waals surface area contributed by atoms with Gasteiger partial charge in [0.15, 0.2) is 6.04 Å². The van der Waals surface area contributed by atoms with Crippen molar-refractivity contribution in [3.05, 3.63) is 59.8 Å². The van der Waals surface area contributed by atoms with Gasteiger partial charge >= 0.3 is 6.18 Å². The molecule has 22 heavy (non-hydrogen) atoms. The van der Waals surface area contributed by atoms with Crippen LogP contribution in [0.1, 0.15) is 17.2 Å². The van der Waals surface area contributed by atoms with Crippen LogP contribution in [-0.2, 0) is 6.18 Å². The zero-order chi connectivity index (χ0) is 16.2. The number of likely N-dealkylation sites (N-methyl/N-ethyl adjacent to an activating group) is 1. The van der Waals surface area contributed by atoms with E-state index in [1.165, 1.54) is 16.5 Å². The van der Waals surface area contributed by atoms with Gasteiger partial charge in [-0.2, -0.15) is 13.2 Å². The molecule has 2 rings (SSSR count). The summed E-state index contributed by atoms with van der Waals surface area (Å²) >= 11 is 0. The summed E-state index contributed by atoms with van der Waals surface area (Å²) in [6.07, 6.45) is -3.35. The van der Waals surface area contributed by atoms with E-state index < -0.39 is 11.7 Å². The molecule has 1 heterocycles. The number of hydrogen-bond donors (Lipinski definition) is 2. The van der Waals surface area contributed by atoms with Gasteiger partial charge in [-0.15, -0.1) is 0 Å². The molecule has 0 aliphatic heterocycles. The molecule has 0 bridgehead atoms. The van der Waals surface area contributed by atoms with Gasteiger partial charge in [-0.1, -0.05) is 30.3 Å². The van der Waals surface area contributed by atoms with Gasteiger partial charge in [-0.05, 0) is 6.07 Å². The number of benzene rings is 1. The standard InChI is InChI=1S/C16H18F3N3/c1-22(2)14(12-6-4-3-5-7-12)11-21-15-9-8-13(10-20-15)16(17,18)19/h3-10,14H,11H2,1-2H3,(H,20,21)/p+2/t14-/m0/s1. The van der Waals surface area contributed by atoms with E-state index in [-0.39, 0.29) is 6.04 Å². The molecule has 3 nitrogen and oxygen atoms in total. The highest BCUT2D eigenvalue weighted by Gasteiger charge is 2.31. The summed E-state index contributed by atoms with van der Waals surface area (Å²) < 4.78 is 37.6. The van der Waals surface area contributed by atoms with E-state index in [0.717, 1.165) is 12.3 Å². The quantitative estimate of drug-likeness (QED) is 0.867. The number of anilines is 1. The number of aromatic amines is 1. The van der Waals surface area contributed by atoms with Crippen molar-refractivity contribution in [3.63, 3.8) is 0 Å². The van der Waals surface area contributed by atoms with Crippen LogP contribution in [0.25, 0.3) is 0 Å². The highest BCUT2D eigenvalue weighted by atomic mass is 19.4. The highest BCUT2D eigenvalue weighted by Crippen LogP contribution is 2.28. The molecule has 1 atom stereocenters. The Labute approximate surface area is 127 Å². The van der Waals surface area contributed by atoms with Gasteiger partial charge in [0, 0.05) is 11.6 Å². The van der Waals surface area contributed by atoms with Crippen molar-refractivity contribution in [3.8, 4) is 0 Å². The SMILES string of the molecule is C[NH+](C)[C@@H](CNc1ccc(C(F)(F)F)c[nH+]1)c1ccccc1. The van der Waals surface area contributed by atoms with Crippen LogP contribution >= 0.6 is 0 Å². The van der Waals surface area contributed by atoms with E-state index in [4.69, 9.17) is 0 Å². The van der Waals surface area contributed by atoms with Gasteiger partial charge in [-0.25, -0.2) is 4.98 Å². The van der Waals surface area contributed by atoms with Crippen LogP contribution in [0.4, 0.5) is 19.0 Å². The average Bonchev–Trinajstić information content (AvgIpc) is 2.48. The van der Waals surface area contributed by atoms with Crippen molar-refractivity contribution in [2.75, 3.05) is 26.0 Å². The second kappa shape index (κ2) is 6.79. The van der Waals surface area contributed by atoms with Crippen LogP contribution in [0.15, 0.2) is 48.7 Å². The van der Waals surface area contributed by atoms with E-state index >= 15 is 0 Å². The van der Waals surface area contributed by atoms with Gasteiger partial charge in [0.25, 0.3) is 5.82 Å². The number of quaternary nitrogens is 1. The molecule has 3 N–H and O–H groups in total. The lowest BCUT2D eigenvalue weighted by molar-refractivity contribution is -0.890. The Bertz CT molecular complexity index is 580. The Morgan fingerprint density at radius 3 is 2.27 bits per heavy atom. The lowest BCUT2D eigenvalue weighted by Gasteiger charge is -2.20. The average molecular weight is 311 g/mol. The second-order valence-electron chi connectivity index (χ2n) is 5.41. The first-order chi connectivity index (χ1) is 10.4. The van der Waals surface area contributed by atoms with Gasteiger partial charge in [0.1, 0.15) is 12.7 Å². The Kier molecular flexibility index (Phi) is 5.03. The smallest absolute Gasteiger partial charge is 0.330 e. The third-order valence-electron chi connectivity index (χ3n) is 3.54. The number of H-pyrrole nitrogens is 1. The maximum absolute atomic E-state index is 12.5. The van der Waals surface area contributed by atoms with Crippen LogP contribution in [0.3, 0.4) is 0 Å². The molecule has 0 amide bonds. The highest BCUT2D eigenvalue weighted by molar-refractivity contribution is 5.31. The summed E-state index contributed by atoms with van der Waals surface area (Å²) in [4.78, 5) is 3.89. The van der Waals surface area contributed by atoms with Crippen molar-refractivity contribution < 1.29 is 23.1 Å². The Hall–Kier alpha value is -2.08. The zero-order valence-electron chi connectivity index (χ0n) is 12.5. The van der Waals surface area contributed by atoms with E-state index in [0.29, 0.717) is 12.4 Å². The minimum atomic E-state index is -4.32. The first-order valence-electron chi connectivity index (χ1n) is 7.05. The Morgan fingerprint density at radius 2 is 1.77 bits per heavy atom. The van der Waals surface area contributed by atoms with Crippen LogP contribution in [0.2, 0.25) is 0 Å². The number of aromatic nitrogens is 1. The minimum Gasteiger partial charge on any atom is -0.330 e. The maximum Gasteiger partial charge on any atom is 0.419 e. The molecule has 1 aromatic heterocycles. The largest absolute Gasteiger partial charge is 0.419 e. The van der Waals surface area contributed by atoms with Crippen LogP contribution in [-0.4, -0.2) is 20.6 Å². The normalized spacial score (nSPS) is 13.2. The van der Waals surface area contributed by atoms with Crippen molar-refractivity contribution in [2.45, 2.75) is 12.2 Å². The minimum absolute atomic E-state index is 0.205. The monoisotopic (exact) mass is 311 g/mol. The third-order valence-corrected chi connectivity index (χ3v) is 3.54. The first-order valence-corrected chi connectivity index (χ1v) is 7.05. The fourth-order valence-electron chi connectivity index (χ4n) is 2.26. The summed E-state index contributed by atoms with van der Waals surface area (Å²) in [7, 11) is 4.10. The van der Waals surface area contributed by atoms with E-state index in [2.05, 4.69) is 36.5 Å². The molecule has 0 saturated heterocycles. The molecule has 2 aromatic rings. The number of rotatable bonds is 5. The van der Waals surface area contributed by atoms with Crippen LogP contribution < -0.4 is 15.2 Å². The number of alkyl halides is 3. The molecule has 0 unspecified atom stereocenters. The molecule has 118 valence electrons. The lowest BCUT2D eigenvalue weighted by atomic mass is 10.1. The van der Waals surface area contributed by atoms with Gasteiger partial charge in [0.05, 0.1) is 19.7 Å². The van der Waals surface area contributed by atoms with E-state index in [1.807, 2.05) is 18.2 Å². The summed E-state index contributed by atoms with van der Waals surface area (Å²) in [5.41, 5.74) is 0.498. The summed E-state index contributed by atoms with van der Waals surface area (Å²) in [5, 5.41) is 3.16. The zero-order valence-corrected chi connectivity index (χ0v) is 12.5. The fourth-order valence-corrected chi connectivity index (χ4v) is 2.26. The predicted molar refractivity (Wildman–Crippen MR) is 78.5 cm³/mol. The molecule has 0 spiro atoms. The molecule has 0 aliphatic rings. The molecule has 0 fully saturated rings. The van der Waals surface area contributed by atoms with Crippen LogP contribution in [0, 0.1) is 0 Å². The van der Waals surface area contributed by atoms with Crippen LogP contribution in [0.5, 0.6) is 0 Å². The number of pyridine rings is 1. The van der Waals surface area contributed by atoms with Gasteiger partial charge in [-0.3, -0.25) is 5.32 Å². The molecular formula is C16H20F3N3+2. The van der Waals surface area contributed by atoms with Gasteiger partial charge < -0.3 is 4.90 Å². The summed E-state index contributed by atoms with van der Waals surface area (Å²) in [6, 6.07) is 12.7. The number of hydrogen-bond acceptors (Lipinski definition) is 1. The summed E-state index contributed by atoms with van der Waals surface area (Å²) in [5.74, 6) is 0.565. The van der Waals surface area contributed by atoms with Crippen molar-refractivity contribution in [1.29, 1.82) is 0 Å². The molecule has 0 radical (unpaired) electrons. The number of nitrogens with one attached hydrogen (secondary N) is 3. The molecule has 0 saturated carbocycles. The second-order valence-corrected chi connectivity index (χ2v) is 5.41. The fraction of sp³-hybridized carbons (Fsp3) is 0.312. The Morgan fingerprint density at radius 1 is 1.09 bits per heavy atom. The first kappa shape index (κ1) is 16.3. The van der Waals surface area contributed by atoms with E-state index in [1.54, 1.807) is 0 Å². The van der Waals surface area contributed by atoms with Crippen molar-refractivity contribution in [2.24, 2.45) is 0 Å². The maximum atomic E-state index is 12.5. The number of halogens is 3. The van der Waals surface area contributed by atoms with Crippen molar-refractivity contribution in [1.82, 2.24) is 0 Å². The molecule has 1 aromatic carbocycles. The molecule has 0 aliphatic carbocycles. The molecular weight excluding hydrogens is 291 g/mol. The molecule has 6 heteroatoms. The Balaban J connectivity index is 2.04. The van der Waals surface area contributed by atoms with E-state index in [9.17, 15) is 13.2 Å². The predicted octanol–water partition coefficient (Wildman–Crippen LogP) is 1.82. The van der Waals surface area contributed by atoms with Crippen molar-refractivity contribution >= 4 is 5.82 Å². The van der Waals surface area contributed by atoms with Gasteiger partial charge in [0.2, 0.25) is 0 Å². The lowest BCUT2D eigenvalue weighted by Crippen LogP contribution is -3.06.